The first kappa shape index (κ1) is 13.8. The van der Waals surface area contributed by atoms with E-state index in [2.05, 4.69) is 61.9 Å². The molecule has 1 heteroatoms. The number of terminal acetylenes is 1. The molecule has 1 nitrogen and oxygen atoms in total. The van der Waals surface area contributed by atoms with Crippen molar-refractivity contribution in [2.24, 2.45) is 0 Å². The Labute approximate surface area is 106 Å². The minimum absolute atomic E-state index is 0.206. The fourth-order valence-electron chi connectivity index (χ4n) is 2.43. The first-order valence-corrected chi connectivity index (χ1v) is 6.53. The lowest BCUT2D eigenvalue weighted by atomic mass is 9.88. The topological polar surface area (TPSA) is 3.24 Å². The van der Waals surface area contributed by atoms with E-state index < -0.39 is 0 Å². The van der Waals surface area contributed by atoms with Crippen LogP contribution in [0.1, 0.15) is 38.7 Å². The Morgan fingerprint density at radius 1 is 1.12 bits per heavy atom. The maximum absolute atomic E-state index is 5.75. The summed E-state index contributed by atoms with van der Waals surface area (Å²) in [6.07, 6.45) is 6.83. The van der Waals surface area contributed by atoms with E-state index in [1.54, 1.807) is 0 Å². The van der Waals surface area contributed by atoms with Crippen LogP contribution < -0.4 is 0 Å². The highest BCUT2D eigenvalue weighted by Gasteiger charge is 2.23. The number of hydrogen-bond acceptors (Lipinski definition) is 1. The largest absolute Gasteiger partial charge is 0.290 e. The predicted octanol–water partition coefficient (Wildman–Crippen LogP) is 3.52. The molecule has 0 fully saturated rings. The maximum Gasteiger partial charge on any atom is 0.0781 e. The van der Waals surface area contributed by atoms with Gasteiger partial charge in [-0.2, -0.15) is 0 Å². The summed E-state index contributed by atoms with van der Waals surface area (Å²) in [6, 6.07) is 10.8. The van der Waals surface area contributed by atoms with Crippen molar-refractivity contribution in [2.45, 2.75) is 39.2 Å². The van der Waals surface area contributed by atoms with E-state index in [1.807, 2.05) is 0 Å². The van der Waals surface area contributed by atoms with Crippen LogP contribution in [-0.2, 0) is 0 Å². The van der Waals surface area contributed by atoms with Crippen LogP contribution in [0.3, 0.4) is 0 Å². The lowest BCUT2D eigenvalue weighted by Crippen LogP contribution is -2.38. The van der Waals surface area contributed by atoms with Crippen molar-refractivity contribution in [1.29, 1.82) is 0 Å². The fourth-order valence-corrected chi connectivity index (χ4v) is 2.43. The number of likely N-dealkylation sites (N-methyl/N-ethyl adjacent to an activating group) is 1. The molecule has 0 spiro atoms. The molecule has 0 N–H and O–H groups in total. The van der Waals surface area contributed by atoms with Crippen molar-refractivity contribution in [3.8, 4) is 12.3 Å². The lowest BCUT2D eigenvalue weighted by Gasteiger charge is -2.32. The molecule has 0 saturated heterocycles. The Balaban J connectivity index is 2.96. The summed E-state index contributed by atoms with van der Waals surface area (Å²) >= 11 is 0. The van der Waals surface area contributed by atoms with Gasteiger partial charge in [0.2, 0.25) is 0 Å². The van der Waals surface area contributed by atoms with Crippen LogP contribution >= 0.6 is 0 Å². The van der Waals surface area contributed by atoms with E-state index in [9.17, 15) is 0 Å². The third kappa shape index (κ3) is 3.35. The molecule has 0 aliphatic rings. The molecule has 2 atom stereocenters. The maximum atomic E-state index is 5.75. The van der Waals surface area contributed by atoms with Crippen LogP contribution in [-0.4, -0.2) is 24.0 Å². The first-order chi connectivity index (χ1) is 8.28. The molecule has 0 aromatic heterocycles. The molecule has 1 rings (SSSR count). The van der Waals surface area contributed by atoms with E-state index in [0.717, 1.165) is 19.5 Å². The van der Waals surface area contributed by atoms with Gasteiger partial charge in [-0.3, -0.25) is 4.90 Å². The van der Waals surface area contributed by atoms with Crippen molar-refractivity contribution in [2.75, 3.05) is 13.1 Å². The molecule has 0 amide bonds. The fraction of sp³-hybridized carbons (Fsp3) is 0.500. The van der Waals surface area contributed by atoms with Gasteiger partial charge in [0.25, 0.3) is 0 Å². The van der Waals surface area contributed by atoms with Gasteiger partial charge in [0.15, 0.2) is 0 Å². The van der Waals surface area contributed by atoms with E-state index in [4.69, 9.17) is 6.42 Å². The SMILES string of the molecule is C#CC(C(CC)c1ccccc1)N(CC)CC. The summed E-state index contributed by atoms with van der Waals surface area (Å²) in [4.78, 5) is 2.36. The van der Waals surface area contributed by atoms with Gasteiger partial charge in [0, 0.05) is 5.92 Å². The molecule has 0 aliphatic carbocycles. The Bertz CT molecular complexity index is 346. The Morgan fingerprint density at radius 2 is 1.71 bits per heavy atom. The van der Waals surface area contributed by atoms with E-state index in [1.165, 1.54) is 5.56 Å². The molecular formula is C16H23N. The molecular weight excluding hydrogens is 206 g/mol. The van der Waals surface area contributed by atoms with Gasteiger partial charge in [-0.25, -0.2) is 0 Å². The highest BCUT2D eigenvalue weighted by Crippen LogP contribution is 2.26. The summed E-state index contributed by atoms with van der Waals surface area (Å²) in [6.45, 7) is 8.58. The number of hydrogen-bond donors (Lipinski definition) is 0. The van der Waals surface area contributed by atoms with Gasteiger partial charge in [-0.1, -0.05) is 57.0 Å². The van der Waals surface area contributed by atoms with E-state index in [0.29, 0.717) is 5.92 Å². The molecule has 17 heavy (non-hydrogen) atoms. The Hall–Kier alpha value is -1.26. The molecule has 0 heterocycles. The monoisotopic (exact) mass is 229 g/mol. The van der Waals surface area contributed by atoms with Crippen molar-refractivity contribution < 1.29 is 0 Å². The van der Waals surface area contributed by atoms with Gasteiger partial charge >= 0.3 is 0 Å². The van der Waals surface area contributed by atoms with Crippen molar-refractivity contribution in [3.05, 3.63) is 35.9 Å². The molecule has 1 aromatic carbocycles. The van der Waals surface area contributed by atoms with Crippen LogP contribution in [0, 0.1) is 12.3 Å². The highest BCUT2D eigenvalue weighted by atomic mass is 15.1. The van der Waals surface area contributed by atoms with Gasteiger partial charge in [-0.15, -0.1) is 6.42 Å². The molecule has 0 aliphatic heterocycles. The first-order valence-electron chi connectivity index (χ1n) is 6.53. The molecule has 1 aromatic rings. The molecule has 0 saturated carbocycles. The van der Waals surface area contributed by atoms with Crippen molar-refractivity contribution in [1.82, 2.24) is 4.90 Å². The lowest BCUT2D eigenvalue weighted by molar-refractivity contribution is 0.229. The van der Waals surface area contributed by atoms with E-state index >= 15 is 0 Å². The minimum Gasteiger partial charge on any atom is -0.290 e. The number of rotatable bonds is 6. The standard InChI is InChI=1S/C16H23N/c1-5-15(14-12-10-9-11-13-14)16(6-2)17(7-3)8-4/h2,9-13,15-16H,5,7-8H2,1,3-4H3. The van der Waals surface area contributed by atoms with Crippen molar-refractivity contribution in [3.63, 3.8) is 0 Å². The second kappa shape index (κ2) is 7.14. The molecule has 2 unspecified atom stereocenters. The van der Waals surface area contributed by atoms with Gasteiger partial charge < -0.3 is 0 Å². The molecule has 0 radical (unpaired) electrons. The molecule has 92 valence electrons. The van der Waals surface area contributed by atoms with E-state index in [-0.39, 0.29) is 6.04 Å². The van der Waals surface area contributed by atoms with Crippen LogP contribution in [0.25, 0.3) is 0 Å². The second-order valence-corrected chi connectivity index (χ2v) is 4.26. The van der Waals surface area contributed by atoms with Gasteiger partial charge in [0.1, 0.15) is 0 Å². The van der Waals surface area contributed by atoms with Crippen LogP contribution in [0.2, 0.25) is 0 Å². The predicted molar refractivity (Wildman–Crippen MR) is 75.0 cm³/mol. The summed E-state index contributed by atoms with van der Waals surface area (Å²) < 4.78 is 0. The number of benzene rings is 1. The van der Waals surface area contributed by atoms with Gasteiger partial charge in [-0.05, 0) is 25.1 Å². The third-order valence-electron chi connectivity index (χ3n) is 3.43. The zero-order valence-electron chi connectivity index (χ0n) is 11.2. The summed E-state index contributed by atoms with van der Waals surface area (Å²) in [5.74, 6) is 3.41. The quantitative estimate of drug-likeness (QED) is 0.675. The summed E-state index contributed by atoms with van der Waals surface area (Å²) in [5.41, 5.74) is 1.35. The smallest absolute Gasteiger partial charge is 0.0781 e. The second-order valence-electron chi connectivity index (χ2n) is 4.26. The molecule has 0 bridgehead atoms. The van der Waals surface area contributed by atoms with Crippen LogP contribution in [0.5, 0.6) is 0 Å². The Morgan fingerprint density at radius 3 is 2.12 bits per heavy atom. The zero-order chi connectivity index (χ0) is 12.7. The Kier molecular flexibility index (Phi) is 5.80. The third-order valence-corrected chi connectivity index (χ3v) is 3.43. The van der Waals surface area contributed by atoms with Crippen molar-refractivity contribution >= 4 is 0 Å². The minimum atomic E-state index is 0.206. The summed E-state index contributed by atoms with van der Waals surface area (Å²) in [7, 11) is 0. The normalized spacial score (nSPS) is 14.3. The number of nitrogens with zero attached hydrogens (tertiary/aromatic N) is 1. The highest BCUT2D eigenvalue weighted by molar-refractivity contribution is 5.24. The van der Waals surface area contributed by atoms with Crippen LogP contribution in [0.15, 0.2) is 30.3 Å². The zero-order valence-corrected chi connectivity index (χ0v) is 11.2. The summed E-state index contributed by atoms with van der Waals surface area (Å²) in [5, 5.41) is 0. The average Bonchev–Trinajstić information content (AvgIpc) is 2.40. The van der Waals surface area contributed by atoms with Crippen LogP contribution in [0.4, 0.5) is 0 Å². The van der Waals surface area contributed by atoms with Gasteiger partial charge in [0.05, 0.1) is 6.04 Å². The average molecular weight is 229 g/mol.